The largest absolute Gasteiger partial charge is 0.466 e. The van der Waals surface area contributed by atoms with E-state index in [0.29, 0.717) is 19.6 Å². The average molecular weight is 582 g/mol. The number of amides is 1. The van der Waals surface area contributed by atoms with Crippen LogP contribution in [0.1, 0.15) is 188 Å². The lowest BCUT2D eigenvalue weighted by Crippen LogP contribution is -2.42. The molecule has 1 N–H and O–H groups in total. The van der Waals surface area contributed by atoms with Gasteiger partial charge < -0.3 is 14.8 Å². The molecule has 0 rings (SSSR count). The summed E-state index contributed by atoms with van der Waals surface area (Å²) in [4.78, 5) is 37.6. The summed E-state index contributed by atoms with van der Waals surface area (Å²) in [5.41, 5.74) is 0. The van der Waals surface area contributed by atoms with Crippen LogP contribution >= 0.6 is 0 Å². The maximum absolute atomic E-state index is 12.8. The molecule has 0 spiro atoms. The number of esters is 2. The van der Waals surface area contributed by atoms with Gasteiger partial charge >= 0.3 is 11.9 Å². The van der Waals surface area contributed by atoms with Crippen molar-refractivity contribution in [3.63, 3.8) is 0 Å². The Hall–Kier alpha value is -1.59. The number of hydrogen-bond donors (Lipinski definition) is 1. The van der Waals surface area contributed by atoms with Crippen LogP contribution in [0.15, 0.2) is 0 Å². The van der Waals surface area contributed by atoms with Gasteiger partial charge in [0.15, 0.2) is 0 Å². The lowest BCUT2D eigenvalue weighted by atomic mass is 10.0. The Morgan fingerprint density at radius 3 is 1.37 bits per heavy atom. The van der Waals surface area contributed by atoms with E-state index in [1.165, 1.54) is 83.5 Å². The molecule has 0 radical (unpaired) electrons. The van der Waals surface area contributed by atoms with Crippen molar-refractivity contribution in [3.05, 3.63) is 0 Å². The van der Waals surface area contributed by atoms with Gasteiger partial charge in [0.05, 0.1) is 13.2 Å². The van der Waals surface area contributed by atoms with Crippen LogP contribution in [-0.4, -0.2) is 37.1 Å². The topological polar surface area (TPSA) is 81.7 Å². The fourth-order valence-corrected chi connectivity index (χ4v) is 5.02. The molecular weight excluding hydrogens is 514 g/mol. The molecule has 0 saturated carbocycles. The molecule has 0 unspecified atom stereocenters. The van der Waals surface area contributed by atoms with Gasteiger partial charge in [-0.25, -0.2) is 4.79 Å². The monoisotopic (exact) mass is 582 g/mol. The lowest BCUT2D eigenvalue weighted by Gasteiger charge is -2.18. The van der Waals surface area contributed by atoms with Crippen molar-refractivity contribution in [2.75, 3.05) is 13.2 Å². The van der Waals surface area contributed by atoms with Crippen LogP contribution < -0.4 is 5.32 Å². The van der Waals surface area contributed by atoms with E-state index >= 15 is 0 Å². The van der Waals surface area contributed by atoms with Crippen molar-refractivity contribution in [2.24, 2.45) is 0 Å². The smallest absolute Gasteiger partial charge is 0.328 e. The molecule has 0 bridgehead atoms. The lowest BCUT2D eigenvalue weighted by molar-refractivity contribution is -0.149. The van der Waals surface area contributed by atoms with Gasteiger partial charge in [-0.15, -0.1) is 0 Å². The van der Waals surface area contributed by atoms with Crippen LogP contribution in [0.2, 0.25) is 0 Å². The molecule has 0 aromatic carbocycles. The van der Waals surface area contributed by atoms with Gasteiger partial charge in [-0.3, -0.25) is 9.59 Å². The second kappa shape index (κ2) is 31.3. The third-order valence-electron chi connectivity index (χ3n) is 7.77. The van der Waals surface area contributed by atoms with Gasteiger partial charge in [0.2, 0.25) is 5.91 Å². The van der Waals surface area contributed by atoms with E-state index in [9.17, 15) is 14.4 Å². The van der Waals surface area contributed by atoms with Gasteiger partial charge in [-0.2, -0.15) is 0 Å². The standard InChI is InChI=1S/C35H67NO5/c1-4-7-10-13-15-17-18-19-20-22-24-27-33(37)36-32(28-29-34(38)40-30-25-12-9-6-3)35(39)41-31-26-23-21-16-14-11-8-5-2/h32H,4-31H2,1-3H3,(H,36,37)/t32-/m0/s1. The van der Waals surface area contributed by atoms with Crippen molar-refractivity contribution < 1.29 is 23.9 Å². The summed E-state index contributed by atoms with van der Waals surface area (Å²) >= 11 is 0. The summed E-state index contributed by atoms with van der Waals surface area (Å²) < 4.78 is 10.8. The van der Waals surface area contributed by atoms with Crippen LogP contribution in [0.3, 0.4) is 0 Å². The summed E-state index contributed by atoms with van der Waals surface area (Å²) in [5.74, 6) is -0.888. The van der Waals surface area contributed by atoms with E-state index in [1.54, 1.807) is 0 Å². The molecule has 242 valence electrons. The third kappa shape index (κ3) is 28.3. The zero-order valence-electron chi connectivity index (χ0n) is 27.4. The summed E-state index contributed by atoms with van der Waals surface area (Å²) in [6.07, 6.45) is 27.8. The molecule has 0 fully saturated rings. The maximum atomic E-state index is 12.8. The molecule has 0 aromatic heterocycles. The molecular formula is C35H67NO5. The molecule has 1 atom stereocenters. The van der Waals surface area contributed by atoms with E-state index in [4.69, 9.17) is 9.47 Å². The number of rotatable bonds is 31. The number of ether oxygens (including phenoxy) is 2. The number of carbonyl (C=O) groups excluding carboxylic acids is 3. The predicted octanol–water partition coefficient (Wildman–Crippen LogP) is 9.76. The van der Waals surface area contributed by atoms with Crippen LogP contribution in [0.4, 0.5) is 0 Å². The summed E-state index contributed by atoms with van der Waals surface area (Å²) in [6, 6.07) is -0.795. The molecule has 0 saturated heterocycles. The van der Waals surface area contributed by atoms with Crippen LogP contribution in [0.25, 0.3) is 0 Å². The van der Waals surface area contributed by atoms with Crippen LogP contribution in [0, 0.1) is 0 Å². The number of unbranched alkanes of at least 4 members (excludes halogenated alkanes) is 20. The molecule has 1 amide bonds. The SMILES string of the molecule is CCCCCCCCCCCCCC(=O)N[C@@H](CCC(=O)OCCCCCC)C(=O)OCCCCCCCCCC. The molecule has 0 aliphatic carbocycles. The number of hydrogen-bond acceptors (Lipinski definition) is 5. The quantitative estimate of drug-likeness (QED) is 0.0651. The van der Waals surface area contributed by atoms with E-state index in [1.807, 2.05) is 0 Å². The maximum Gasteiger partial charge on any atom is 0.328 e. The Morgan fingerprint density at radius 2 is 0.878 bits per heavy atom. The van der Waals surface area contributed by atoms with Crippen LogP contribution in [0.5, 0.6) is 0 Å². The first-order valence-corrected chi connectivity index (χ1v) is 17.7. The van der Waals surface area contributed by atoms with E-state index < -0.39 is 12.0 Å². The van der Waals surface area contributed by atoms with Crippen molar-refractivity contribution >= 4 is 17.8 Å². The first kappa shape index (κ1) is 39.4. The predicted molar refractivity (Wildman–Crippen MR) is 171 cm³/mol. The highest BCUT2D eigenvalue weighted by Crippen LogP contribution is 2.13. The van der Waals surface area contributed by atoms with Gasteiger partial charge in [0.1, 0.15) is 6.04 Å². The minimum absolute atomic E-state index is 0.101. The third-order valence-corrected chi connectivity index (χ3v) is 7.77. The zero-order chi connectivity index (χ0) is 30.2. The Balaban J connectivity index is 4.33. The second-order valence-electron chi connectivity index (χ2n) is 11.9. The summed E-state index contributed by atoms with van der Waals surface area (Å²) in [5, 5.41) is 2.85. The first-order valence-electron chi connectivity index (χ1n) is 17.7. The molecule has 0 heterocycles. The summed E-state index contributed by atoms with van der Waals surface area (Å²) in [6.45, 7) is 7.39. The van der Waals surface area contributed by atoms with Gasteiger partial charge in [0, 0.05) is 12.8 Å². The summed E-state index contributed by atoms with van der Waals surface area (Å²) in [7, 11) is 0. The fourth-order valence-electron chi connectivity index (χ4n) is 5.02. The molecule has 41 heavy (non-hydrogen) atoms. The highest BCUT2D eigenvalue weighted by Gasteiger charge is 2.23. The number of nitrogens with one attached hydrogen (secondary N) is 1. The average Bonchev–Trinajstić information content (AvgIpc) is 2.96. The second-order valence-corrected chi connectivity index (χ2v) is 11.9. The van der Waals surface area contributed by atoms with Crippen molar-refractivity contribution in [3.8, 4) is 0 Å². The first-order chi connectivity index (χ1) is 20.0. The Morgan fingerprint density at radius 1 is 0.488 bits per heavy atom. The van der Waals surface area contributed by atoms with Crippen molar-refractivity contribution in [1.29, 1.82) is 0 Å². The van der Waals surface area contributed by atoms with Crippen LogP contribution in [-0.2, 0) is 23.9 Å². The highest BCUT2D eigenvalue weighted by atomic mass is 16.5. The molecule has 6 heteroatoms. The minimum atomic E-state index is -0.795. The van der Waals surface area contributed by atoms with Gasteiger partial charge in [0.25, 0.3) is 0 Å². The molecule has 0 aliphatic rings. The highest BCUT2D eigenvalue weighted by molar-refractivity contribution is 5.85. The molecule has 6 nitrogen and oxygen atoms in total. The zero-order valence-corrected chi connectivity index (χ0v) is 27.4. The minimum Gasteiger partial charge on any atom is -0.466 e. The van der Waals surface area contributed by atoms with E-state index in [2.05, 4.69) is 26.1 Å². The van der Waals surface area contributed by atoms with Crippen molar-refractivity contribution in [2.45, 2.75) is 194 Å². The number of carbonyl (C=O) groups is 3. The molecule has 0 aromatic rings. The van der Waals surface area contributed by atoms with E-state index in [0.717, 1.165) is 64.2 Å². The van der Waals surface area contributed by atoms with Gasteiger partial charge in [-0.05, 0) is 25.7 Å². The fraction of sp³-hybridized carbons (Fsp3) is 0.914. The van der Waals surface area contributed by atoms with E-state index in [-0.39, 0.29) is 24.7 Å². The van der Waals surface area contributed by atoms with Crippen molar-refractivity contribution in [1.82, 2.24) is 5.32 Å². The van der Waals surface area contributed by atoms with Gasteiger partial charge in [-0.1, -0.05) is 149 Å². The Bertz CT molecular complexity index is 609. The normalized spacial score (nSPS) is 11.8. The Labute approximate surface area is 253 Å². The Kier molecular flexibility index (Phi) is 30.1. The molecule has 0 aliphatic heterocycles.